The van der Waals surface area contributed by atoms with Gasteiger partial charge in [-0.25, -0.2) is 0 Å². The van der Waals surface area contributed by atoms with E-state index >= 15 is 0 Å². The van der Waals surface area contributed by atoms with Crippen molar-refractivity contribution in [2.45, 2.75) is 26.8 Å². The normalized spacial score (nSPS) is 12.1. The van der Waals surface area contributed by atoms with Crippen molar-refractivity contribution in [2.75, 3.05) is 11.9 Å². The number of nitrogens with one attached hydrogen (secondary N) is 2. The third-order valence-electron chi connectivity index (χ3n) is 2.85. The van der Waals surface area contributed by atoms with Crippen LogP contribution in [0.4, 0.5) is 5.69 Å². The van der Waals surface area contributed by atoms with E-state index < -0.39 is 11.9 Å². The van der Waals surface area contributed by atoms with Crippen molar-refractivity contribution in [1.29, 1.82) is 0 Å². The standard InChI is InChI=1S/C14H20ClN3O2/c1-4-17-11-6-5-9(15)7-10(11)14(20)18-12(8(2)3)13(16)19/h5-8,12,17H,4H2,1-3H3,(H2,16,19)(H,18,20). The Bertz CT molecular complexity index is 503. The van der Waals surface area contributed by atoms with Gasteiger partial charge in [0.2, 0.25) is 5.91 Å². The summed E-state index contributed by atoms with van der Waals surface area (Å²) in [5, 5.41) is 6.18. The maximum Gasteiger partial charge on any atom is 0.254 e. The number of rotatable bonds is 6. The Morgan fingerprint density at radius 1 is 1.35 bits per heavy atom. The molecule has 6 heteroatoms. The molecule has 1 rings (SSSR count). The average molecular weight is 298 g/mol. The predicted octanol–water partition coefficient (Wildman–Crippen LogP) is 2.01. The van der Waals surface area contributed by atoms with Crippen molar-refractivity contribution in [2.24, 2.45) is 11.7 Å². The Hall–Kier alpha value is -1.75. The molecule has 0 radical (unpaired) electrons. The van der Waals surface area contributed by atoms with Crippen LogP contribution in [0.1, 0.15) is 31.1 Å². The molecule has 0 aliphatic heterocycles. The van der Waals surface area contributed by atoms with Crippen LogP contribution in [0.25, 0.3) is 0 Å². The summed E-state index contributed by atoms with van der Waals surface area (Å²) in [5.41, 5.74) is 6.36. The number of nitrogens with two attached hydrogens (primary N) is 1. The minimum Gasteiger partial charge on any atom is -0.385 e. The number of carbonyl (C=O) groups excluding carboxylic acids is 2. The number of primary amides is 1. The van der Waals surface area contributed by atoms with Crippen LogP contribution in [0.5, 0.6) is 0 Å². The molecule has 0 aliphatic rings. The first-order chi connectivity index (χ1) is 9.36. The number of benzene rings is 1. The lowest BCUT2D eigenvalue weighted by Gasteiger charge is -2.20. The number of carbonyl (C=O) groups is 2. The minimum atomic E-state index is -0.712. The third-order valence-corrected chi connectivity index (χ3v) is 3.09. The molecule has 4 N–H and O–H groups in total. The molecule has 0 saturated heterocycles. The Labute approximate surface area is 123 Å². The van der Waals surface area contributed by atoms with Crippen molar-refractivity contribution < 1.29 is 9.59 Å². The Kier molecular flexibility index (Phi) is 5.82. The highest BCUT2D eigenvalue weighted by Gasteiger charge is 2.23. The first-order valence-electron chi connectivity index (χ1n) is 6.50. The molecule has 0 bridgehead atoms. The largest absolute Gasteiger partial charge is 0.385 e. The van der Waals surface area contributed by atoms with Crippen molar-refractivity contribution in [3.05, 3.63) is 28.8 Å². The van der Waals surface area contributed by atoms with Gasteiger partial charge in [-0.1, -0.05) is 25.4 Å². The molecule has 1 unspecified atom stereocenters. The second-order valence-electron chi connectivity index (χ2n) is 4.82. The van der Waals surface area contributed by atoms with Gasteiger partial charge in [0.15, 0.2) is 0 Å². The fourth-order valence-corrected chi connectivity index (χ4v) is 2.01. The van der Waals surface area contributed by atoms with Crippen LogP contribution >= 0.6 is 11.6 Å². The second-order valence-corrected chi connectivity index (χ2v) is 5.25. The van der Waals surface area contributed by atoms with E-state index in [-0.39, 0.29) is 11.8 Å². The molecule has 1 aromatic rings. The predicted molar refractivity (Wildman–Crippen MR) is 80.9 cm³/mol. The fraction of sp³-hybridized carbons (Fsp3) is 0.429. The van der Waals surface area contributed by atoms with E-state index in [0.29, 0.717) is 22.8 Å². The van der Waals surface area contributed by atoms with Gasteiger partial charge < -0.3 is 16.4 Å². The van der Waals surface area contributed by atoms with Crippen molar-refractivity contribution in [3.63, 3.8) is 0 Å². The molecule has 0 fully saturated rings. The lowest BCUT2D eigenvalue weighted by atomic mass is 10.0. The van der Waals surface area contributed by atoms with E-state index in [2.05, 4.69) is 10.6 Å². The van der Waals surface area contributed by atoms with E-state index in [1.807, 2.05) is 20.8 Å². The average Bonchev–Trinajstić information content (AvgIpc) is 2.37. The molecule has 110 valence electrons. The van der Waals surface area contributed by atoms with Crippen molar-refractivity contribution >= 4 is 29.1 Å². The molecule has 0 saturated carbocycles. The van der Waals surface area contributed by atoms with Crippen LogP contribution in [0.15, 0.2) is 18.2 Å². The Morgan fingerprint density at radius 2 is 2.00 bits per heavy atom. The SMILES string of the molecule is CCNc1ccc(Cl)cc1C(=O)NC(C(N)=O)C(C)C. The van der Waals surface area contributed by atoms with Gasteiger partial charge in [0.25, 0.3) is 5.91 Å². The molecule has 0 aliphatic carbocycles. The van der Waals surface area contributed by atoms with Gasteiger partial charge in [0.05, 0.1) is 5.56 Å². The molecular weight excluding hydrogens is 278 g/mol. The number of anilines is 1. The van der Waals surface area contributed by atoms with Crippen LogP contribution in [0, 0.1) is 5.92 Å². The third kappa shape index (κ3) is 4.13. The van der Waals surface area contributed by atoms with Gasteiger partial charge in [0, 0.05) is 17.3 Å². The van der Waals surface area contributed by atoms with Gasteiger partial charge in [-0.05, 0) is 31.0 Å². The van der Waals surface area contributed by atoms with Crippen LogP contribution in [0.3, 0.4) is 0 Å². The maximum atomic E-state index is 12.3. The fourth-order valence-electron chi connectivity index (χ4n) is 1.83. The van der Waals surface area contributed by atoms with Crippen LogP contribution < -0.4 is 16.4 Å². The van der Waals surface area contributed by atoms with Crippen molar-refractivity contribution in [3.8, 4) is 0 Å². The van der Waals surface area contributed by atoms with Gasteiger partial charge >= 0.3 is 0 Å². The van der Waals surface area contributed by atoms with Crippen LogP contribution in [0.2, 0.25) is 5.02 Å². The zero-order valence-electron chi connectivity index (χ0n) is 11.9. The summed E-state index contributed by atoms with van der Waals surface area (Å²) >= 11 is 5.92. The highest BCUT2D eigenvalue weighted by molar-refractivity contribution is 6.31. The van der Waals surface area contributed by atoms with Crippen molar-refractivity contribution in [1.82, 2.24) is 5.32 Å². The molecule has 5 nitrogen and oxygen atoms in total. The van der Waals surface area contributed by atoms with E-state index in [0.717, 1.165) is 0 Å². The quantitative estimate of drug-likeness (QED) is 0.751. The minimum absolute atomic E-state index is 0.0850. The second kappa shape index (κ2) is 7.14. The molecule has 1 aromatic carbocycles. The molecular formula is C14H20ClN3O2. The van der Waals surface area contributed by atoms with Gasteiger partial charge in [-0.2, -0.15) is 0 Å². The summed E-state index contributed by atoms with van der Waals surface area (Å²) < 4.78 is 0. The zero-order valence-corrected chi connectivity index (χ0v) is 12.6. The maximum absolute atomic E-state index is 12.3. The number of hydrogen-bond donors (Lipinski definition) is 3. The summed E-state index contributed by atoms with van der Waals surface area (Å²) in [7, 11) is 0. The highest BCUT2D eigenvalue weighted by atomic mass is 35.5. The lowest BCUT2D eigenvalue weighted by Crippen LogP contribution is -2.47. The topological polar surface area (TPSA) is 84.2 Å². The molecule has 2 amide bonds. The zero-order chi connectivity index (χ0) is 15.3. The number of hydrogen-bond acceptors (Lipinski definition) is 3. The highest BCUT2D eigenvalue weighted by Crippen LogP contribution is 2.21. The summed E-state index contributed by atoms with van der Waals surface area (Å²) in [6.07, 6.45) is 0. The molecule has 1 atom stereocenters. The van der Waals surface area contributed by atoms with Gasteiger partial charge in [-0.15, -0.1) is 0 Å². The number of halogens is 1. The van der Waals surface area contributed by atoms with Gasteiger partial charge in [0.1, 0.15) is 6.04 Å². The van der Waals surface area contributed by atoms with Gasteiger partial charge in [-0.3, -0.25) is 9.59 Å². The van der Waals surface area contributed by atoms with Crippen LogP contribution in [-0.4, -0.2) is 24.4 Å². The first-order valence-corrected chi connectivity index (χ1v) is 6.88. The summed E-state index contributed by atoms with van der Waals surface area (Å²) in [4.78, 5) is 23.6. The van der Waals surface area contributed by atoms with E-state index in [4.69, 9.17) is 17.3 Å². The number of amides is 2. The van der Waals surface area contributed by atoms with Crippen LogP contribution in [-0.2, 0) is 4.79 Å². The molecule has 0 heterocycles. The van der Waals surface area contributed by atoms with E-state index in [1.165, 1.54) is 0 Å². The lowest BCUT2D eigenvalue weighted by molar-refractivity contribution is -0.120. The molecule has 0 aromatic heterocycles. The summed E-state index contributed by atoms with van der Waals surface area (Å²) in [6, 6.07) is 4.28. The van der Waals surface area contributed by atoms with E-state index in [1.54, 1.807) is 18.2 Å². The molecule has 0 spiro atoms. The first kappa shape index (κ1) is 16.3. The summed E-state index contributed by atoms with van der Waals surface area (Å²) in [6.45, 7) is 6.24. The Morgan fingerprint density at radius 3 is 2.50 bits per heavy atom. The summed E-state index contributed by atoms with van der Waals surface area (Å²) in [5.74, 6) is -1.01. The Balaban J connectivity index is 3.01. The smallest absolute Gasteiger partial charge is 0.254 e. The monoisotopic (exact) mass is 297 g/mol. The molecule has 20 heavy (non-hydrogen) atoms. The van der Waals surface area contributed by atoms with E-state index in [9.17, 15) is 9.59 Å².